The molecule has 0 bridgehead atoms. The van der Waals surface area contributed by atoms with Crippen LogP contribution in [0.5, 0.6) is 0 Å². The fraction of sp³-hybridized carbons (Fsp3) is 0.409. The molecule has 4 rings (SSSR count). The van der Waals surface area contributed by atoms with Crippen LogP contribution in [0.1, 0.15) is 43.1 Å². The van der Waals surface area contributed by atoms with E-state index in [0.717, 1.165) is 23.7 Å². The molecule has 164 valence electrons. The predicted octanol–water partition coefficient (Wildman–Crippen LogP) is 4.81. The highest BCUT2D eigenvalue weighted by molar-refractivity contribution is 5.92. The minimum Gasteiger partial charge on any atom is -0.377 e. The van der Waals surface area contributed by atoms with E-state index in [9.17, 15) is 13.2 Å². The number of rotatable bonds is 5. The van der Waals surface area contributed by atoms with Crippen molar-refractivity contribution in [1.29, 1.82) is 0 Å². The van der Waals surface area contributed by atoms with Gasteiger partial charge in [0.2, 0.25) is 0 Å². The number of nitrogens with zero attached hydrogens (tertiary/aromatic N) is 4. The van der Waals surface area contributed by atoms with E-state index >= 15 is 0 Å². The second-order valence-electron chi connectivity index (χ2n) is 7.76. The number of fused-ring (bicyclic) bond motifs is 1. The van der Waals surface area contributed by atoms with Gasteiger partial charge in [0.05, 0.1) is 47.9 Å². The maximum absolute atomic E-state index is 14.6. The molecule has 0 unspecified atom stereocenters. The number of alkyl halides is 2. The molecule has 2 aromatic heterocycles. The van der Waals surface area contributed by atoms with Gasteiger partial charge in [0, 0.05) is 23.5 Å². The molecule has 1 aromatic carbocycles. The normalized spacial score (nSPS) is 17.9. The highest BCUT2D eigenvalue weighted by Gasteiger charge is 2.23. The Labute approximate surface area is 178 Å². The second kappa shape index (κ2) is 8.66. The van der Waals surface area contributed by atoms with Crippen LogP contribution in [-0.2, 0) is 4.74 Å². The third kappa shape index (κ3) is 4.14. The average molecular weight is 431 g/mol. The van der Waals surface area contributed by atoms with E-state index in [4.69, 9.17) is 4.74 Å². The summed E-state index contributed by atoms with van der Waals surface area (Å²) in [6, 6.07) is 5.58. The first kappa shape index (κ1) is 21.3. The van der Waals surface area contributed by atoms with Crippen LogP contribution in [0.15, 0.2) is 30.5 Å². The van der Waals surface area contributed by atoms with Gasteiger partial charge in [0.15, 0.2) is 5.82 Å². The fourth-order valence-corrected chi connectivity index (χ4v) is 3.88. The summed E-state index contributed by atoms with van der Waals surface area (Å²) in [5.74, 6) is -0.493. The molecule has 9 heteroatoms. The van der Waals surface area contributed by atoms with Crippen molar-refractivity contribution in [1.82, 2.24) is 15.2 Å². The van der Waals surface area contributed by atoms with Crippen LogP contribution in [0, 0.1) is 12.7 Å². The molecule has 2 atom stereocenters. The Balaban J connectivity index is 1.71. The van der Waals surface area contributed by atoms with Crippen molar-refractivity contribution in [3.05, 3.63) is 53.1 Å². The van der Waals surface area contributed by atoms with Gasteiger partial charge in [-0.25, -0.2) is 13.2 Å². The average Bonchev–Trinajstić information content (AvgIpc) is 2.75. The molecule has 1 N–H and O–H groups in total. The first-order valence-electron chi connectivity index (χ1n) is 10.2. The summed E-state index contributed by atoms with van der Waals surface area (Å²) in [5, 5.41) is 12.3. The standard InChI is InChI=1S/C22H24F3N5O/c1-12-11-31-8-7-30(12)15-9-18-20(26-10-15)14(3)28-29-22(18)27-13(2)16-5-4-6-17(19(16)23)21(24)25/h4-6,9-10,12-13,21H,7-8,11H2,1-3H3,(H,27,29)/t12-,13+/m0/s1. The number of hydrogen-bond acceptors (Lipinski definition) is 6. The summed E-state index contributed by atoms with van der Waals surface area (Å²) in [5.41, 5.74) is 1.80. The number of aryl methyl sites for hydroxylation is 1. The lowest BCUT2D eigenvalue weighted by Crippen LogP contribution is -2.43. The number of nitrogens with one attached hydrogen (secondary N) is 1. The molecule has 1 fully saturated rings. The number of aromatic nitrogens is 3. The van der Waals surface area contributed by atoms with E-state index in [0.29, 0.717) is 30.2 Å². The van der Waals surface area contributed by atoms with Gasteiger partial charge in [-0.05, 0) is 26.8 Å². The third-order valence-electron chi connectivity index (χ3n) is 5.58. The molecule has 0 spiro atoms. The molecule has 6 nitrogen and oxygen atoms in total. The van der Waals surface area contributed by atoms with E-state index < -0.39 is 23.8 Å². The summed E-state index contributed by atoms with van der Waals surface area (Å²) in [4.78, 5) is 6.80. The van der Waals surface area contributed by atoms with E-state index in [2.05, 4.69) is 32.3 Å². The quantitative estimate of drug-likeness (QED) is 0.626. The number of hydrogen-bond donors (Lipinski definition) is 1. The monoisotopic (exact) mass is 431 g/mol. The fourth-order valence-electron chi connectivity index (χ4n) is 3.88. The van der Waals surface area contributed by atoms with Gasteiger partial charge in [-0.15, -0.1) is 5.10 Å². The molecule has 0 saturated carbocycles. The van der Waals surface area contributed by atoms with E-state index in [1.54, 1.807) is 13.1 Å². The number of morpholine rings is 1. The molecule has 31 heavy (non-hydrogen) atoms. The van der Waals surface area contributed by atoms with Crippen molar-refractivity contribution in [2.24, 2.45) is 0 Å². The van der Waals surface area contributed by atoms with Crippen molar-refractivity contribution in [3.63, 3.8) is 0 Å². The Morgan fingerprint density at radius 1 is 1.23 bits per heavy atom. The minimum atomic E-state index is -2.88. The smallest absolute Gasteiger partial charge is 0.266 e. The topological polar surface area (TPSA) is 63.2 Å². The third-order valence-corrected chi connectivity index (χ3v) is 5.58. The number of halogens is 3. The molecule has 1 aliphatic rings. The second-order valence-corrected chi connectivity index (χ2v) is 7.76. The summed E-state index contributed by atoms with van der Waals surface area (Å²) in [7, 11) is 0. The van der Waals surface area contributed by atoms with E-state index in [-0.39, 0.29) is 11.6 Å². The van der Waals surface area contributed by atoms with Crippen molar-refractivity contribution in [2.75, 3.05) is 30.0 Å². The van der Waals surface area contributed by atoms with Crippen LogP contribution in [0.2, 0.25) is 0 Å². The van der Waals surface area contributed by atoms with Crippen LogP contribution in [0.4, 0.5) is 24.7 Å². The van der Waals surface area contributed by atoms with E-state index in [1.165, 1.54) is 12.1 Å². The first-order valence-corrected chi connectivity index (χ1v) is 10.2. The van der Waals surface area contributed by atoms with Gasteiger partial charge < -0.3 is 15.0 Å². The summed E-state index contributed by atoms with van der Waals surface area (Å²) in [6.07, 6.45) is -1.08. The Morgan fingerprint density at radius 3 is 2.74 bits per heavy atom. The zero-order valence-electron chi connectivity index (χ0n) is 17.6. The van der Waals surface area contributed by atoms with Crippen LogP contribution in [0.3, 0.4) is 0 Å². The first-order chi connectivity index (χ1) is 14.9. The van der Waals surface area contributed by atoms with Crippen molar-refractivity contribution in [2.45, 2.75) is 39.3 Å². The van der Waals surface area contributed by atoms with Gasteiger partial charge >= 0.3 is 0 Å². The Morgan fingerprint density at radius 2 is 2.00 bits per heavy atom. The number of pyridine rings is 1. The van der Waals surface area contributed by atoms with Crippen LogP contribution in [-0.4, -0.2) is 41.0 Å². The number of benzene rings is 1. The molecule has 1 saturated heterocycles. The van der Waals surface area contributed by atoms with Gasteiger partial charge in [0.1, 0.15) is 5.82 Å². The molecule has 1 aliphatic heterocycles. The minimum absolute atomic E-state index is 0.138. The summed E-state index contributed by atoms with van der Waals surface area (Å²) in [6.45, 7) is 7.61. The van der Waals surface area contributed by atoms with Crippen molar-refractivity contribution >= 4 is 22.4 Å². The maximum atomic E-state index is 14.6. The number of ether oxygens (including phenoxy) is 1. The van der Waals surface area contributed by atoms with Crippen LogP contribution < -0.4 is 10.2 Å². The van der Waals surface area contributed by atoms with Gasteiger partial charge in [0.25, 0.3) is 6.43 Å². The highest BCUT2D eigenvalue weighted by atomic mass is 19.3. The largest absolute Gasteiger partial charge is 0.377 e. The molecule has 3 heterocycles. The molecule has 0 radical (unpaired) electrons. The summed E-state index contributed by atoms with van der Waals surface area (Å²) < 4.78 is 46.3. The molecular weight excluding hydrogens is 407 g/mol. The zero-order chi connectivity index (χ0) is 22.1. The van der Waals surface area contributed by atoms with E-state index in [1.807, 2.05) is 13.0 Å². The zero-order valence-corrected chi connectivity index (χ0v) is 17.6. The Bertz CT molecular complexity index is 1090. The highest BCUT2D eigenvalue weighted by Crippen LogP contribution is 2.32. The lowest BCUT2D eigenvalue weighted by atomic mass is 10.0. The van der Waals surface area contributed by atoms with Crippen molar-refractivity contribution in [3.8, 4) is 0 Å². The molecular formula is C22H24F3N5O. The van der Waals surface area contributed by atoms with Gasteiger partial charge in [-0.1, -0.05) is 18.2 Å². The molecule has 0 amide bonds. The SMILES string of the molecule is Cc1nnc(N[C@H](C)c2cccc(C(F)F)c2F)c2cc(N3CCOC[C@@H]3C)cnc12. The van der Waals surface area contributed by atoms with Crippen LogP contribution in [0.25, 0.3) is 10.9 Å². The van der Waals surface area contributed by atoms with Crippen molar-refractivity contribution < 1.29 is 17.9 Å². The number of anilines is 2. The predicted molar refractivity (Wildman–Crippen MR) is 113 cm³/mol. The van der Waals surface area contributed by atoms with Crippen LogP contribution >= 0.6 is 0 Å². The van der Waals surface area contributed by atoms with Gasteiger partial charge in [-0.3, -0.25) is 4.98 Å². The lowest BCUT2D eigenvalue weighted by Gasteiger charge is -2.35. The van der Waals surface area contributed by atoms with Gasteiger partial charge in [-0.2, -0.15) is 5.10 Å². The lowest BCUT2D eigenvalue weighted by molar-refractivity contribution is 0.0989. The Hall–Kier alpha value is -2.94. The maximum Gasteiger partial charge on any atom is 0.266 e. The molecule has 3 aromatic rings. The summed E-state index contributed by atoms with van der Waals surface area (Å²) >= 11 is 0. The molecule has 0 aliphatic carbocycles. The Kier molecular flexibility index (Phi) is 5.95.